The summed E-state index contributed by atoms with van der Waals surface area (Å²) in [6.45, 7) is 2.54. The van der Waals surface area contributed by atoms with Crippen molar-refractivity contribution in [3.63, 3.8) is 0 Å². The van der Waals surface area contributed by atoms with E-state index in [2.05, 4.69) is 21.2 Å². The quantitative estimate of drug-likeness (QED) is 0.663. The summed E-state index contributed by atoms with van der Waals surface area (Å²) in [4.78, 5) is 26.6. The Morgan fingerprint density at radius 2 is 2.09 bits per heavy atom. The smallest absolute Gasteiger partial charge is 0.253 e. The first kappa shape index (κ1) is 20.0. The molecule has 7 heteroatoms. The monoisotopic (exact) mass is 402 g/mol. The van der Waals surface area contributed by atoms with Crippen molar-refractivity contribution in [2.75, 3.05) is 31.7 Å². The molecule has 0 saturated carbocycles. The van der Waals surface area contributed by atoms with Crippen molar-refractivity contribution >= 4 is 39.5 Å². The van der Waals surface area contributed by atoms with E-state index in [0.29, 0.717) is 23.0 Å². The van der Waals surface area contributed by atoms with Gasteiger partial charge in [-0.2, -0.15) is 11.8 Å². The highest BCUT2D eigenvalue weighted by Gasteiger charge is 2.25. The molecule has 1 atom stereocenters. The number of likely N-dealkylation sites (N-methyl/N-ethyl adjacent to an activating group) is 1. The first-order valence-electron chi connectivity index (χ1n) is 7.49. The Morgan fingerprint density at radius 3 is 2.65 bits per heavy atom. The van der Waals surface area contributed by atoms with E-state index in [1.165, 1.54) is 0 Å². The minimum Gasteiger partial charge on any atom is -0.395 e. The molecule has 0 aliphatic carbocycles. The number of amides is 2. The van der Waals surface area contributed by atoms with Gasteiger partial charge in [-0.25, -0.2) is 0 Å². The SMILES string of the molecule is CCN(CCO)C(=O)C(CCSC)NC(=O)c1ccccc1Br. The average molecular weight is 403 g/mol. The molecular formula is C16H23BrN2O3S. The van der Waals surface area contributed by atoms with Crippen LogP contribution in [0.1, 0.15) is 23.7 Å². The number of carbonyl (C=O) groups excluding carboxylic acids is 2. The third kappa shape index (κ3) is 6.16. The predicted octanol–water partition coefficient (Wildman–Crippen LogP) is 2.14. The number of halogens is 1. The lowest BCUT2D eigenvalue weighted by Crippen LogP contribution is -2.49. The molecule has 23 heavy (non-hydrogen) atoms. The number of hydrogen-bond donors (Lipinski definition) is 2. The Kier molecular flexibility index (Phi) is 9.28. The normalized spacial score (nSPS) is 11.8. The van der Waals surface area contributed by atoms with Gasteiger partial charge in [0, 0.05) is 17.6 Å². The van der Waals surface area contributed by atoms with Gasteiger partial charge >= 0.3 is 0 Å². The second-order valence-electron chi connectivity index (χ2n) is 4.93. The summed E-state index contributed by atoms with van der Waals surface area (Å²) in [5.74, 6) is 0.330. The Labute approximate surface area is 149 Å². The Balaban J connectivity index is 2.87. The number of thioether (sulfide) groups is 1. The van der Waals surface area contributed by atoms with E-state index < -0.39 is 6.04 Å². The van der Waals surface area contributed by atoms with Gasteiger partial charge in [0.2, 0.25) is 5.91 Å². The first-order chi connectivity index (χ1) is 11.0. The molecule has 2 amide bonds. The van der Waals surface area contributed by atoms with Gasteiger partial charge in [0.1, 0.15) is 6.04 Å². The van der Waals surface area contributed by atoms with Crippen LogP contribution in [0.5, 0.6) is 0 Å². The number of rotatable bonds is 9. The number of aliphatic hydroxyl groups is 1. The van der Waals surface area contributed by atoms with Gasteiger partial charge in [-0.3, -0.25) is 9.59 Å². The highest BCUT2D eigenvalue weighted by molar-refractivity contribution is 9.10. The molecule has 0 aliphatic heterocycles. The third-order valence-electron chi connectivity index (χ3n) is 3.40. The molecule has 0 bridgehead atoms. The molecule has 0 aromatic heterocycles. The predicted molar refractivity (Wildman–Crippen MR) is 97.7 cm³/mol. The maximum Gasteiger partial charge on any atom is 0.253 e. The van der Waals surface area contributed by atoms with Crippen LogP contribution in [0.3, 0.4) is 0 Å². The second kappa shape index (κ2) is 10.7. The van der Waals surface area contributed by atoms with Crippen molar-refractivity contribution < 1.29 is 14.7 Å². The summed E-state index contributed by atoms with van der Waals surface area (Å²) in [5.41, 5.74) is 0.500. The van der Waals surface area contributed by atoms with Gasteiger partial charge < -0.3 is 15.3 Å². The third-order valence-corrected chi connectivity index (χ3v) is 4.73. The van der Waals surface area contributed by atoms with E-state index in [1.807, 2.05) is 19.2 Å². The lowest BCUT2D eigenvalue weighted by molar-refractivity contribution is -0.133. The van der Waals surface area contributed by atoms with Crippen LogP contribution in [-0.2, 0) is 4.79 Å². The summed E-state index contributed by atoms with van der Waals surface area (Å²) in [5, 5.41) is 11.9. The van der Waals surface area contributed by atoms with Crippen LogP contribution in [0, 0.1) is 0 Å². The number of aliphatic hydroxyl groups excluding tert-OH is 1. The summed E-state index contributed by atoms with van der Waals surface area (Å²) in [7, 11) is 0. The zero-order valence-corrected chi connectivity index (χ0v) is 15.8. The second-order valence-corrected chi connectivity index (χ2v) is 6.77. The number of nitrogens with zero attached hydrogens (tertiary/aromatic N) is 1. The van der Waals surface area contributed by atoms with Crippen LogP contribution in [0.25, 0.3) is 0 Å². The fraction of sp³-hybridized carbons (Fsp3) is 0.500. The van der Waals surface area contributed by atoms with Crippen LogP contribution >= 0.6 is 27.7 Å². The van der Waals surface area contributed by atoms with E-state index in [0.717, 1.165) is 5.75 Å². The molecule has 0 fully saturated rings. The standard InChI is InChI=1S/C16H23BrN2O3S/c1-3-19(9-10-20)16(22)14(8-11-23-2)18-15(21)12-6-4-5-7-13(12)17/h4-7,14,20H,3,8-11H2,1-2H3,(H,18,21). The lowest BCUT2D eigenvalue weighted by atomic mass is 10.1. The molecule has 1 aromatic rings. The van der Waals surface area contributed by atoms with Crippen molar-refractivity contribution in [2.24, 2.45) is 0 Å². The largest absolute Gasteiger partial charge is 0.395 e. The molecular weight excluding hydrogens is 380 g/mol. The molecule has 0 heterocycles. The maximum absolute atomic E-state index is 12.6. The fourth-order valence-corrected chi connectivity index (χ4v) is 3.08. The molecule has 1 rings (SSSR count). The average Bonchev–Trinajstić information content (AvgIpc) is 2.56. The molecule has 0 radical (unpaired) electrons. The van der Waals surface area contributed by atoms with Crippen molar-refractivity contribution in [3.8, 4) is 0 Å². The molecule has 2 N–H and O–H groups in total. The zero-order valence-electron chi connectivity index (χ0n) is 13.4. The first-order valence-corrected chi connectivity index (χ1v) is 9.67. The topological polar surface area (TPSA) is 69.6 Å². The fourth-order valence-electron chi connectivity index (χ4n) is 2.14. The number of benzene rings is 1. The molecule has 128 valence electrons. The molecule has 0 aliphatic rings. The van der Waals surface area contributed by atoms with Crippen molar-refractivity contribution in [1.82, 2.24) is 10.2 Å². The van der Waals surface area contributed by atoms with Crippen molar-refractivity contribution in [1.29, 1.82) is 0 Å². The Hall–Kier alpha value is -1.05. The Bertz CT molecular complexity index is 528. The van der Waals surface area contributed by atoms with Crippen molar-refractivity contribution in [3.05, 3.63) is 34.3 Å². The zero-order chi connectivity index (χ0) is 17.2. The van der Waals surface area contributed by atoms with Gasteiger partial charge in [0.05, 0.1) is 12.2 Å². The number of nitrogens with one attached hydrogen (secondary N) is 1. The van der Waals surface area contributed by atoms with Crippen LogP contribution in [0.15, 0.2) is 28.7 Å². The van der Waals surface area contributed by atoms with E-state index >= 15 is 0 Å². The van der Waals surface area contributed by atoms with Gasteiger partial charge in [-0.15, -0.1) is 0 Å². The Morgan fingerprint density at radius 1 is 1.39 bits per heavy atom. The van der Waals surface area contributed by atoms with E-state index in [4.69, 9.17) is 5.11 Å². The van der Waals surface area contributed by atoms with Gasteiger partial charge in [0.25, 0.3) is 5.91 Å². The summed E-state index contributed by atoms with van der Waals surface area (Å²) < 4.78 is 0.691. The van der Waals surface area contributed by atoms with Crippen LogP contribution in [0.4, 0.5) is 0 Å². The summed E-state index contributed by atoms with van der Waals surface area (Å²) in [6, 6.07) is 6.52. The lowest BCUT2D eigenvalue weighted by Gasteiger charge is -2.26. The van der Waals surface area contributed by atoms with Crippen LogP contribution in [-0.4, -0.2) is 59.6 Å². The molecule has 0 saturated heterocycles. The van der Waals surface area contributed by atoms with Crippen molar-refractivity contribution in [2.45, 2.75) is 19.4 Å². The maximum atomic E-state index is 12.6. The van der Waals surface area contributed by atoms with Gasteiger partial charge in [-0.1, -0.05) is 12.1 Å². The number of carbonyl (C=O) groups is 2. The molecule has 1 unspecified atom stereocenters. The minimum absolute atomic E-state index is 0.0903. The van der Waals surface area contributed by atoms with Crippen LogP contribution < -0.4 is 5.32 Å². The van der Waals surface area contributed by atoms with E-state index in [1.54, 1.807) is 34.9 Å². The van der Waals surface area contributed by atoms with Gasteiger partial charge in [0.15, 0.2) is 0 Å². The van der Waals surface area contributed by atoms with Gasteiger partial charge in [-0.05, 0) is 53.4 Å². The summed E-state index contributed by atoms with van der Waals surface area (Å²) >= 11 is 4.98. The highest BCUT2D eigenvalue weighted by Crippen LogP contribution is 2.16. The molecule has 1 aromatic carbocycles. The minimum atomic E-state index is -0.589. The number of hydrogen-bond acceptors (Lipinski definition) is 4. The van der Waals surface area contributed by atoms with Crippen LogP contribution in [0.2, 0.25) is 0 Å². The highest BCUT2D eigenvalue weighted by atomic mass is 79.9. The molecule has 5 nitrogen and oxygen atoms in total. The van der Waals surface area contributed by atoms with E-state index in [9.17, 15) is 9.59 Å². The molecule has 0 spiro atoms. The van der Waals surface area contributed by atoms with E-state index in [-0.39, 0.29) is 25.0 Å². The summed E-state index contributed by atoms with van der Waals surface area (Å²) in [6.07, 6.45) is 2.51.